The molecule has 2 amide bonds. The Morgan fingerprint density at radius 1 is 1.24 bits per heavy atom. The second-order valence-electron chi connectivity index (χ2n) is 8.34. The summed E-state index contributed by atoms with van der Waals surface area (Å²) in [5.74, 6) is -0.643. The number of sulfonamides is 1. The van der Waals surface area contributed by atoms with Crippen molar-refractivity contribution in [2.45, 2.75) is 37.3 Å². The van der Waals surface area contributed by atoms with Crippen LogP contribution in [0, 0.1) is 17.2 Å². The zero-order valence-corrected chi connectivity index (χ0v) is 19.9. The number of benzene rings is 1. The molecule has 3 rings (SSSR count). The molecule has 10 nitrogen and oxygen atoms in total. The molecule has 2 aromatic rings. The van der Waals surface area contributed by atoms with Gasteiger partial charge in [-0.3, -0.25) is 9.59 Å². The van der Waals surface area contributed by atoms with E-state index in [9.17, 15) is 23.3 Å². The van der Waals surface area contributed by atoms with Gasteiger partial charge in [0.05, 0.1) is 29.4 Å². The minimum atomic E-state index is -3.90. The predicted molar refractivity (Wildman–Crippen MR) is 122 cm³/mol. The van der Waals surface area contributed by atoms with Crippen LogP contribution in [0.1, 0.15) is 36.4 Å². The van der Waals surface area contributed by atoms with Gasteiger partial charge in [-0.15, -0.1) is 0 Å². The van der Waals surface area contributed by atoms with E-state index in [1.807, 2.05) is 19.9 Å². The number of nitrogens with zero attached hydrogens (tertiary/aromatic N) is 2. The third-order valence-corrected chi connectivity index (χ3v) is 7.23. The van der Waals surface area contributed by atoms with Gasteiger partial charge >= 0.3 is 0 Å². The highest BCUT2D eigenvalue weighted by molar-refractivity contribution is 7.89. The number of furan rings is 1. The highest BCUT2D eigenvalue weighted by atomic mass is 32.2. The molecule has 1 saturated heterocycles. The van der Waals surface area contributed by atoms with E-state index in [2.05, 4.69) is 10.6 Å². The summed E-state index contributed by atoms with van der Waals surface area (Å²) >= 11 is 0. The Hall–Kier alpha value is -3.20. The monoisotopic (exact) mass is 488 g/mol. The fraction of sp³-hybridized carbons (Fsp3) is 0.435. The molecule has 0 saturated carbocycles. The second kappa shape index (κ2) is 11.3. The van der Waals surface area contributed by atoms with Crippen LogP contribution in [0.15, 0.2) is 52.0 Å². The van der Waals surface area contributed by atoms with Crippen LogP contribution in [0.4, 0.5) is 0 Å². The Labute approximate surface area is 198 Å². The number of carbonyl (C=O) groups is 2. The summed E-state index contributed by atoms with van der Waals surface area (Å²) in [4.78, 5) is 25.1. The summed E-state index contributed by atoms with van der Waals surface area (Å²) in [6, 6.07) is 10.2. The Kier molecular flexibility index (Phi) is 8.44. The van der Waals surface area contributed by atoms with Crippen molar-refractivity contribution in [2.75, 3.05) is 26.2 Å². The van der Waals surface area contributed by atoms with Crippen molar-refractivity contribution in [1.82, 2.24) is 14.9 Å². The van der Waals surface area contributed by atoms with Crippen LogP contribution in [0.25, 0.3) is 0 Å². The molecule has 1 aliphatic rings. The quantitative estimate of drug-likeness (QED) is 0.545. The van der Waals surface area contributed by atoms with Crippen LogP contribution in [0.2, 0.25) is 0 Å². The molecule has 34 heavy (non-hydrogen) atoms. The molecular formula is C23H28N4O6S. The topological polar surface area (TPSA) is 142 Å². The van der Waals surface area contributed by atoms with Crippen LogP contribution in [-0.2, 0) is 19.6 Å². The van der Waals surface area contributed by atoms with Gasteiger partial charge in [0.1, 0.15) is 12.1 Å². The van der Waals surface area contributed by atoms with Crippen molar-refractivity contribution >= 4 is 21.8 Å². The van der Waals surface area contributed by atoms with E-state index in [-0.39, 0.29) is 48.4 Å². The smallest absolute Gasteiger partial charge is 0.287 e. The van der Waals surface area contributed by atoms with Gasteiger partial charge in [0, 0.05) is 19.6 Å². The minimum Gasteiger partial charge on any atom is -0.459 e. The third-order valence-electron chi connectivity index (χ3n) is 5.30. The number of carbonyl (C=O) groups excluding carboxylic acids is 2. The summed E-state index contributed by atoms with van der Waals surface area (Å²) in [7, 11) is -3.90. The average molecular weight is 489 g/mol. The van der Waals surface area contributed by atoms with Crippen molar-refractivity contribution < 1.29 is 27.2 Å². The molecule has 0 spiro atoms. The van der Waals surface area contributed by atoms with Crippen molar-refractivity contribution in [3.8, 4) is 6.07 Å². The third kappa shape index (κ3) is 6.22. The van der Waals surface area contributed by atoms with Gasteiger partial charge in [0.25, 0.3) is 5.91 Å². The van der Waals surface area contributed by atoms with Crippen LogP contribution >= 0.6 is 0 Å². The van der Waals surface area contributed by atoms with Crippen molar-refractivity contribution in [1.29, 1.82) is 5.26 Å². The maximum Gasteiger partial charge on any atom is 0.287 e. The first-order chi connectivity index (χ1) is 16.2. The van der Waals surface area contributed by atoms with E-state index in [0.29, 0.717) is 6.42 Å². The van der Waals surface area contributed by atoms with Gasteiger partial charge in [0.15, 0.2) is 5.76 Å². The number of amides is 2. The second-order valence-corrected chi connectivity index (χ2v) is 10.2. The lowest BCUT2D eigenvalue weighted by molar-refractivity contribution is -0.124. The van der Waals surface area contributed by atoms with Gasteiger partial charge in [0.2, 0.25) is 15.9 Å². The highest BCUT2D eigenvalue weighted by Gasteiger charge is 2.33. The van der Waals surface area contributed by atoms with Gasteiger partial charge in [-0.2, -0.15) is 9.57 Å². The Morgan fingerprint density at radius 2 is 2.00 bits per heavy atom. The molecular weight excluding hydrogens is 460 g/mol. The zero-order valence-electron chi connectivity index (χ0n) is 19.1. The molecule has 11 heteroatoms. The number of rotatable bonds is 9. The van der Waals surface area contributed by atoms with E-state index in [4.69, 9.17) is 9.15 Å². The fourth-order valence-corrected chi connectivity index (χ4v) is 5.23. The lowest BCUT2D eigenvalue weighted by atomic mass is 10.0. The number of hydrogen-bond acceptors (Lipinski definition) is 7. The summed E-state index contributed by atoms with van der Waals surface area (Å²) < 4.78 is 38.2. The standard InChI is InChI=1S/C23H28N4O6S/c1-16(2)12-19(26-23(29)20-7-5-10-33-20)22(28)25-14-18-15-27(9-11-32-18)34(30,31)21-8-4-3-6-17(21)13-24/h3-8,10,16,18-19H,9,11-12,14-15H2,1-2H3,(H,25,28)(H,26,29)/t18?,19-/m0/s1. The molecule has 1 unspecified atom stereocenters. The molecule has 2 heterocycles. The van der Waals surface area contributed by atoms with Gasteiger partial charge in [-0.1, -0.05) is 26.0 Å². The van der Waals surface area contributed by atoms with Crippen LogP contribution in [0.5, 0.6) is 0 Å². The average Bonchev–Trinajstić information content (AvgIpc) is 3.37. The molecule has 1 aromatic heterocycles. The van der Waals surface area contributed by atoms with E-state index < -0.39 is 34.0 Å². The highest BCUT2D eigenvalue weighted by Crippen LogP contribution is 2.22. The van der Waals surface area contributed by atoms with E-state index >= 15 is 0 Å². The first-order valence-electron chi connectivity index (χ1n) is 10.9. The van der Waals surface area contributed by atoms with Crippen LogP contribution in [0.3, 0.4) is 0 Å². The van der Waals surface area contributed by atoms with Crippen LogP contribution in [-0.4, -0.2) is 62.9 Å². The lowest BCUT2D eigenvalue weighted by Crippen LogP contribution is -2.53. The molecule has 182 valence electrons. The predicted octanol–water partition coefficient (Wildman–Crippen LogP) is 1.50. The molecule has 2 atom stereocenters. The number of nitrogens with one attached hydrogen (secondary N) is 2. The number of nitriles is 1. The molecule has 2 N–H and O–H groups in total. The maximum absolute atomic E-state index is 13.1. The minimum absolute atomic E-state index is 0.0238. The van der Waals surface area contributed by atoms with E-state index in [1.165, 1.54) is 28.8 Å². The fourth-order valence-electron chi connectivity index (χ4n) is 3.63. The summed E-state index contributed by atoms with van der Waals surface area (Å²) in [6.07, 6.45) is 1.21. The Balaban J connectivity index is 1.63. The summed E-state index contributed by atoms with van der Waals surface area (Å²) in [5.41, 5.74) is 0.0719. The van der Waals surface area contributed by atoms with Crippen molar-refractivity contribution in [3.63, 3.8) is 0 Å². The molecule has 1 aliphatic heterocycles. The lowest BCUT2D eigenvalue weighted by Gasteiger charge is -2.32. The van der Waals surface area contributed by atoms with E-state index in [0.717, 1.165) is 0 Å². The number of hydrogen-bond donors (Lipinski definition) is 2. The SMILES string of the molecule is CC(C)C[C@H](NC(=O)c1ccco1)C(=O)NCC1CN(S(=O)(=O)c2ccccc2C#N)CCO1. The van der Waals surface area contributed by atoms with E-state index in [1.54, 1.807) is 18.2 Å². The molecule has 1 aromatic carbocycles. The summed E-state index contributed by atoms with van der Waals surface area (Å²) in [6.45, 7) is 4.25. The molecule has 1 fully saturated rings. The molecule has 0 bridgehead atoms. The van der Waals surface area contributed by atoms with Gasteiger partial charge in [-0.05, 0) is 36.6 Å². The van der Waals surface area contributed by atoms with Crippen LogP contribution < -0.4 is 10.6 Å². The summed E-state index contributed by atoms with van der Waals surface area (Å²) in [5, 5.41) is 14.7. The van der Waals surface area contributed by atoms with Gasteiger partial charge < -0.3 is 19.8 Å². The van der Waals surface area contributed by atoms with Crippen molar-refractivity contribution in [2.24, 2.45) is 5.92 Å². The Morgan fingerprint density at radius 3 is 2.68 bits per heavy atom. The number of ether oxygens (including phenoxy) is 1. The molecule has 0 aliphatic carbocycles. The maximum atomic E-state index is 13.1. The van der Waals surface area contributed by atoms with Gasteiger partial charge in [-0.25, -0.2) is 8.42 Å². The van der Waals surface area contributed by atoms with Crippen molar-refractivity contribution in [3.05, 3.63) is 54.0 Å². The normalized spacial score (nSPS) is 17.6. The number of morpholine rings is 1. The zero-order chi connectivity index (χ0) is 24.7. The Bertz CT molecular complexity index is 1140. The first-order valence-corrected chi connectivity index (χ1v) is 12.4. The first kappa shape index (κ1) is 25.4. The largest absolute Gasteiger partial charge is 0.459 e. The molecule has 0 radical (unpaired) electrons.